The summed E-state index contributed by atoms with van der Waals surface area (Å²) >= 11 is 0. The lowest BCUT2D eigenvalue weighted by Gasteiger charge is -2.14. The molecule has 0 aliphatic rings. The highest BCUT2D eigenvalue weighted by Crippen LogP contribution is 2.17. The number of nitrogens with one attached hydrogen (secondary N) is 1. The molecule has 1 amide bonds. The van der Waals surface area contributed by atoms with Gasteiger partial charge in [0, 0.05) is 17.7 Å². The Hall–Kier alpha value is -2.70. The van der Waals surface area contributed by atoms with Crippen LogP contribution in [0.1, 0.15) is 28.8 Å². The van der Waals surface area contributed by atoms with E-state index in [-0.39, 0.29) is 17.7 Å². The minimum absolute atomic E-state index is 0.0917. The first-order valence-corrected chi connectivity index (χ1v) is 6.26. The fourth-order valence-corrected chi connectivity index (χ4v) is 1.75. The van der Waals surface area contributed by atoms with Gasteiger partial charge in [0.25, 0.3) is 11.6 Å². The number of carboxylic acids is 1. The Kier molecular flexibility index (Phi) is 5.59. The Labute approximate surface area is 121 Å². The van der Waals surface area contributed by atoms with Crippen LogP contribution in [0.15, 0.2) is 30.9 Å². The average molecular weight is 292 g/mol. The Balaban J connectivity index is 2.96. The summed E-state index contributed by atoms with van der Waals surface area (Å²) in [5.41, 5.74) is 0.406. The maximum Gasteiger partial charge on any atom is 0.326 e. The number of aliphatic carboxylic acids is 1. The molecule has 0 heterocycles. The lowest BCUT2D eigenvalue weighted by Crippen LogP contribution is -2.40. The topological polar surface area (TPSA) is 110 Å². The van der Waals surface area contributed by atoms with Crippen LogP contribution in [0, 0.1) is 17.0 Å². The highest BCUT2D eigenvalue weighted by molar-refractivity contribution is 5.98. The number of nitro benzene ring substituents is 1. The highest BCUT2D eigenvalue weighted by atomic mass is 16.6. The minimum Gasteiger partial charge on any atom is -0.480 e. The van der Waals surface area contributed by atoms with Crippen molar-refractivity contribution >= 4 is 17.6 Å². The number of benzene rings is 1. The number of carboxylic acid groups (broad SMARTS) is 1. The summed E-state index contributed by atoms with van der Waals surface area (Å²) in [4.78, 5) is 33.3. The monoisotopic (exact) mass is 292 g/mol. The number of hydrogen-bond donors (Lipinski definition) is 2. The van der Waals surface area contributed by atoms with Crippen LogP contribution in [0.4, 0.5) is 5.69 Å². The molecule has 1 rings (SSSR count). The second-order valence-corrected chi connectivity index (χ2v) is 4.49. The van der Waals surface area contributed by atoms with E-state index in [1.54, 1.807) is 13.0 Å². The van der Waals surface area contributed by atoms with Gasteiger partial charge in [-0.25, -0.2) is 4.79 Å². The largest absolute Gasteiger partial charge is 0.480 e. The molecule has 0 bridgehead atoms. The van der Waals surface area contributed by atoms with Crippen molar-refractivity contribution < 1.29 is 19.6 Å². The molecule has 1 aromatic rings. The summed E-state index contributed by atoms with van der Waals surface area (Å²) in [6, 6.07) is 2.82. The van der Waals surface area contributed by atoms with Gasteiger partial charge in [0.05, 0.1) is 4.92 Å². The maximum absolute atomic E-state index is 12.1. The van der Waals surface area contributed by atoms with Gasteiger partial charge >= 0.3 is 5.97 Å². The number of nitro groups is 1. The molecule has 0 spiro atoms. The van der Waals surface area contributed by atoms with Crippen LogP contribution in [-0.4, -0.2) is 27.9 Å². The van der Waals surface area contributed by atoms with E-state index in [4.69, 9.17) is 5.11 Å². The Morgan fingerprint density at radius 2 is 2.19 bits per heavy atom. The molecule has 2 N–H and O–H groups in total. The van der Waals surface area contributed by atoms with Crippen molar-refractivity contribution in [3.63, 3.8) is 0 Å². The molecule has 0 aliphatic heterocycles. The first-order chi connectivity index (χ1) is 9.86. The lowest BCUT2D eigenvalue weighted by atomic mass is 10.1. The standard InChI is InChI=1S/C14H16N2O5/c1-3-4-5-12(14(18)19)15-13(17)11-8-10(16(20)21)7-6-9(11)2/h3,6-8,12H,1,4-5H2,2H3,(H,15,17)(H,18,19). The molecule has 112 valence electrons. The molecule has 1 unspecified atom stereocenters. The number of rotatable bonds is 7. The van der Waals surface area contributed by atoms with E-state index >= 15 is 0 Å². The van der Waals surface area contributed by atoms with Gasteiger partial charge in [-0.05, 0) is 25.3 Å². The number of nitrogens with zero attached hydrogens (tertiary/aromatic N) is 1. The summed E-state index contributed by atoms with van der Waals surface area (Å²) in [6.45, 7) is 5.12. The number of carbonyl (C=O) groups is 2. The maximum atomic E-state index is 12.1. The van der Waals surface area contributed by atoms with Gasteiger partial charge in [-0.15, -0.1) is 6.58 Å². The van der Waals surface area contributed by atoms with Crippen molar-refractivity contribution in [3.05, 3.63) is 52.1 Å². The van der Waals surface area contributed by atoms with Gasteiger partial charge in [0.2, 0.25) is 0 Å². The second kappa shape index (κ2) is 7.18. The molecule has 0 aromatic heterocycles. The van der Waals surface area contributed by atoms with Gasteiger partial charge < -0.3 is 10.4 Å². The number of aryl methyl sites for hydroxylation is 1. The lowest BCUT2D eigenvalue weighted by molar-refractivity contribution is -0.384. The van der Waals surface area contributed by atoms with Crippen LogP contribution in [0.3, 0.4) is 0 Å². The van der Waals surface area contributed by atoms with Crippen molar-refractivity contribution in [2.24, 2.45) is 0 Å². The number of hydrogen-bond acceptors (Lipinski definition) is 4. The molecular weight excluding hydrogens is 276 g/mol. The molecule has 0 radical (unpaired) electrons. The SMILES string of the molecule is C=CCCC(NC(=O)c1cc([N+](=O)[O-])ccc1C)C(=O)O. The molecule has 0 aliphatic carbocycles. The van der Waals surface area contributed by atoms with Gasteiger partial charge in [0.1, 0.15) is 6.04 Å². The predicted molar refractivity (Wildman–Crippen MR) is 76.2 cm³/mol. The first-order valence-electron chi connectivity index (χ1n) is 6.26. The number of amides is 1. The van der Waals surface area contributed by atoms with Gasteiger partial charge in [0.15, 0.2) is 0 Å². The summed E-state index contributed by atoms with van der Waals surface area (Å²) < 4.78 is 0. The van der Waals surface area contributed by atoms with E-state index in [0.29, 0.717) is 12.0 Å². The van der Waals surface area contributed by atoms with Crippen LogP contribution >= 0.6 is 0 Å². The molecule has 1 aromatic carbocycles. The average Bonchev–Trinajstić information content (AvgIpc) is 2.42. The predicted octanol–water partition coefficient (Wildman–Crippen LogP) is 2.05. The van der Waals surface area contributed by atoms with E-state index in [2.05, 4.69) is 11.9 Å². The Bertz CT molecular complexity index is 583. The van der Waals surface area contributed by atoms with Crippen molar-refractivity contribution in [1.29, 1.82) is 0 Å². The van der Waals surface area contributed by atoms with Gasteiger partial charge in [-0.1, -0.05) is 12.1 Å². The van der Waals surface area contributed by atoms with Gasteiger partial charge in [-0.3, -0.25) is 14.9 Å². The smallest absolute Gasteiger partial charge is 0.326 e. The van der Waals surface area contributed by atoms with Crippen molar-refractivity contribution in [1.82, 2.24) is 5.32 Å². The fraction of sp³-hybridized carbons (Fsp3) is 0.286. The quantitative estimate of drug-likeness (QED) is 0.454. The summed E-state index contributed by atoms with van der Waals surface area (Å²) in [7, 11) is 0. The third kappa shape index (κ3) is 4.41. The minimum atomic E-state index is -1.16. The van der Waals surface area contributed by atoms with Crippen LogP contribution < -0.4 is 5.32 Å². The van der Waals surface area contributed by atoms with E-state index in [1.165, 1.54) is 12.1 Å². The van der Waals surface area contributed by atoms with Crippen molar-refractivity contribution in [3.8, 4) is 0 Å². The van der Waals surface area contributed by atoms with Gasteiger partial charge in [-0.2, -0.15) is 0 Å². The summed E-state index contributed by atoms with van der Waals surface area (Å²) in [5.74, 6) is -1.80. The molecule has 7 nitrogen and oxygen atoms in total. The zero-order valence-corrected chi connectivity index (χ0v) is 11.5. The van der Waals surface area contributed by atoms with E-state index in [1.807, 2.05) is 0 Å². The van der Waals surface area contributed by atoms with Crippen LogP contribution in [0.25, 0.3) is 0 Å². The zero-order chi connectivity index (χ0) is 16.0. The normalized spacial score (nSPS) is 11.5. The number of carbonyl (C=O) groups excluding carboxylic acids is 1. The molecule has 0 saturated carbocycles. The van der Waals surface area contributed by atoms with Crippen molar-refractivity contribution in [2.75, 3.05) is 0 Å². The number of non-ortho nitro benzene ring substituents is 1. The molecule has 7 heteroatoms. The van der Waals surface area contributed by atoms with Crippen molar-refractivity contribution in [2.45, 2.75) is 25.8 Å². The van der Waals surface area contributed by atoms with Crippen LogP contribution in [-0.2, 0) is 4.79 Å². The summed E-state index contributed by atoms with van der Waals surface area (Å²) in [5, 5.41) is 22.1. The van der Waals surface area contributed by atoms with E-state index in [9.17, 15) is 19.7 Å². The zero-order valence-electron chi connectivity index (χ0n) is 11.5. The summed E-state index contributed by atoms with van der Waals surface area (Å²) in [6.07, 6.45) is 2.20. The Morgan fingerprint density at radius 3 is 2.71 bits per heavy atom. The highest BCUT2D eigenvalue weighted by Gasteiger charge is 2.22. The third-order valence-corrected chi connectivity index (χ3v) is 2.94. The van der Waals surface area contributed by atoms with Crippen LogP contribution in [0.5, 0.6) is 0 Å². The van der Waals surface area contributed by atoms with E-state index in [0.717, 1.165) is 6.07 Å². The Morgan fingerprint density at radius 1 is 1.52 bits per heavy atom. The molecule has 21 heavy (non-hydrogen) atoms. The van der Waals surface area contributed by atoms with Crippen LogP contribution in [0.2, 0.25) is 0 Å². The molecule has 0 saturated heterocycles. The molecular formula is C14H16N2O5. The number of allylic oxidation sites excluding steroid dienone is 1. The van der Waals surface area contributed by atoms with E-state index < -0.39 is 22.8 Å². The second-order valence-electron chi connectivity index (χ2n) is 4.49. The first kappa shape index (κ1) is 16.4. The fourth-order valence-electron chi connectivity index (χ4n) is 1.75. The third-order valence-electron chi connectivity index (χ3n) is 2.94. The molecule has 0 fully saturated rings. The molecule has 1 atom stereocenters.